The summed E-state index contributed by atoms with van der Waals surface area (Å²) < 4.78 is 37.7. The van der Waals surface area contributed by atoms with Crippen molar-refractivity contribution in [1.29, 1.82) is 0 Å². The number of benzene rings is 1. The number of carbonyl (C=O) groups excluding carboxylic acids is 1. The molecule has 0 saturated heterocycles. The Labute approximate surface area is 110 Å². The Balaban J connectivity index is 2.34. The number of carbonyl (C=O) groups is 1. The zero-order valence-corrected chi connectivity index (χ0v) is 9.85. The average molecular weight is 283 g/mol. The number of nitrogens with one attached hydrogen (secondary N) is 1. The lowest BCUT2D eigenvalue weighted by molar-refractivity contribution is -0.137. The molecule has 104 valence electrons. The number of nitrogens with two attached hydrogens (primary N) is 1. The smallest absolute Gasteiger partial charge is 0.364 e. The van der Waals surface area contributed by atoms with Gasteiger partial charge in [0, 0.05) is 5.69 Å². The van der Waals surface area contributed by atoms with E-state index in [0.29, 0.717) is 0 Å². The molecule has 3 N–H and O–H groups in total. The number of rotatable bonds is 3. The first-order chi connectivity index (χ1) is 9.38. The van der Waals surface area contributed by atoms with Crippen molar-refractivity contribution in [2.45, 2.75) is 6.18 Å². The number of halogens is 3. The summed E-state index contributed by atoms with van der Waals surface area (Å²) in [4.78, 5) is 14.8. The third-order valence-electron chi connectivity index (χ3n) is 2.31. The van der Waals surface area contributed by atoms with Crippen LogP contribution in [-0.4, -0.2) is 21.1 Å². The second-order valence-electron chi connectivity index (χ2n) is 3.73. The van der Waals surface area contributed by atoms with Crippen molar-refractivity contribution in [3.05, 3.63) is 41.9 Å². The van der Waals surface area contributed by atoms with Gasteiger partial charge in [0.25, 0.3) is 5.91 Å². The van der Waals surface area contributed by atoms with Crippen molar-refractivity contribution in [1.82, 2.24) is 15.2 Å². The molecule has 1 aromatic carbocycles. The van der Waals surface area contributed by atoms with Crippen LogP contribution in [0.4, 0.5) is 24.7 Å². The van der Waals surface area contributed by atoms with E-state index in [1.165, 1.54) is 12.1 Å². The highest BCUT2D eigenvalue weighted by molar-refractivity contribution is 5.95. The molecule has 0 unspecified atom stereocenters. The molecule has 0 atom stereocenters. The van der Waals surface area contributed by atoms with E-state index in [9.17, 15) is 18.0 Å². The van der Waals surface area contributed by atoms with Crippen LogP contribution in [0.25, 0.3) is 0 Å². The third kappa shape index (κ3) is 2.99. The third-order valence-corrected chi connectivity index (χ3v) is 2.31. The summed E-state index contributed by atoms with van der Waals surface area (Å²) in [5.74, 6) is -0.952. The normalized spacial score (nSPS) is 11.2. The van der Waals surface area contributed by atoms with E-state index in [-0.39, 0.29) is 17.2 Å². The summed E-state index contributed by atoms with van der Waals surface area (Å²) in [5, 5.41) is 9.41. The molecular weight excluding hydrogens is 275 g/mol. The van der Waals surface area contributed by atoms with Crippen molar-refractivity contribution in [2.75, 3.05) is 5.32 Å². The topological polar surface area (TPSA) is 93.8 Å². The Morgan fingerprint density at radius 3 is 2.70 bits per heavy atom. The summed E-state index contributed by atoms with van der Waals surface area (Å²) in [7, 11) is 0. The minimum absolute atomic E-state index is 0.0631. The number of hydrogen-bond acceptors (Lipinski definition) is 5. The first-order valence-corrected chi connectivity index (χ1v) is 5.29. The van der Waals surface area contributed by atoms with Crippen LogP contribution in [0.2, 0.25) is 0 Å². The van der Waals surface area contributed by atoms with Gasteiger partial charge in [-0.05, 0) is 18.2 Å². The minimum Gasteiger partial charge on any atom is -0.364 e. The first-order valence-electron chi connectivity index (χ1n) is 5.29. The lowest BCUT2D eigenvalue weighted by atomic mass is 10.2. The second-order valence-corrected chi connectivity index (χ2v) is 3.73. The van der Waals surface area contributed by atoms with Crippen molar-refractivity contribution in [3.63, 3.8) is 0 Å². The molecular formula is C11H8F3N5O. The predicted molar refractivity (Wildman–Crippen MR) is 63.1 cm³/mol. The van der Waals surface area contributed by atoms with Gasteiger partial charge in [-0.15, -0.1) is 10.2 Å². The largest absolute Gasteiger partial charge is 0.416 e. The van der Waals surface area contributed by atoms with Gasteiger partial charge < -0.3 is 11.1 Å². The monoisotopic (exact) mass is 283 g/mol. The Hall–Kier alpha value is -2.71. The predicted octanol–water partition coefficient (Wildman–Crippen LogP) is 1.73. The molecule has 2 aromatic rings. The maximum atomic E-state index is 12.6. The van der Waals surface area contributed by atoms with E-state index in [1.807, 2.05) is 0 Å². The number of aromatic nitrogens is 3. The Kier molecular flexibility index (Phi) is 3.51. The van der Waals surface area contributed by atoms with Crippen molar-refractivity contribution < 1.29 is 18.0 Å². The summed E-state index contributed by atoms with van der Waals surface area (Å²) in [6.45, 7) is 0. The average Bonchev–Trinajstić information content (AvgIpc) is 2.38. The molecule has 1 amide bonds. The lowest BCUT2D eigenvalue weighted by Gasteiger charge is -2.10. The first kappa shape index (κ1) is 13.7. The van der Waals surface area contributed by atoms with Gasteiger partial charge >= 0.3 is 6.18 Å². The van der Waals surface area contributed by atoms with Crippen LogP contribution in [0.15, 0.2) is 30.6 Å². The van der Waals surface area contributed by atoms with Crippen LogP contribution in [0, 0.1) is 0 Å². The molecule has 0 fully saturated rings. The molecule has 1 heterocycles. The van der Waals surface area contributed by atoms with Crippen molar-refractivity contribution in [3.8, 4) is 0 Å². The number of hydrogen-bond donors (Lipinski definition) is 2. The van der Waals surface area contributed by atoms with Crippen LogP contribution in [0.1, 0.15) is 16.1 Å². The molecule has 9 heteroatoms. The molecule has 2 rings (SSSR count). The summed E-state index contributed by atoms with van der Waals surface area (Å²) >= 11 is 0. The minimum atomic E-state index is -4.46. The van der Waals surface area contributed by atoms with E-state index < -0.39 is 17.6 Å². The number of primary amides is 1. The van der Waals surface area contributed by atoms with Crippen LogP contribution in [-0.2, 0) is 6.18 Å². The van der Waals surface area contributed by atoms with E-state index in [2.05, 4.69) is 20.5 Å². The number of amides is 1. The van der Waals surface area contributed by atoms with Gasteiger partial charge in [-0.3, -0.25) is 4.79 Å². The number of alkyl halides is 3. The Bertz CT molecular complexity index is 644. The van der Waals surface area contributed by atoms with Gasteiger partial charge in [0.15, 0.2) is 11.5 Å². The number of anilines is 2. The quantitative estimate of drug-likeness (QED) is 0.894. The molecule has 1 aromatic heterocycles. The Morgan fingerprint density at radius 2 is 2.05 bits per heavy atom. The van der Waals surface area contributed by atoms with E-state index in [1.54, 1.807) is 0 Å². The van der Waals surface area contributed by atoms with Gasteiger partial charge in [-0.25, -0.2) is 4.98 Å². The Morgan fingerprint density at radius 1 is 1.30 bits per heavy atom. The van der Waals surface area contributed by atoms with E-state index in [4.69, 9.17) is 5.73 Å². The maximum Gasteiger partial charge on any atom is 0.416 e. The fourth-order valence-electron chi connectivity index (χ4n) is 1.44. The van der Waals surface area contributed by atoms with Gasteiger partial charge in [0.2, 0.25) is 0 Å². The molecule has 0 aliphatic heterocycles. The molecule has 0 radical (unpaired) electrons. The molecule has 6 nitrogen and oxygen atoms in total. The SMILES string of the molecule is NC(=O)c1nncnc1Nc1cccc(C(F)(F)F)c1. The van der Waals surface area contributed by atoms with E-state index in [0.717, 1.165) is 18.5 Å². The molecule has 0 saturated carbocycles. The molecule has 20 heavy (non-hydrogen) atoms. The lowest BCUT2D eigenvalue weighted by Crippen LogP contribution is -2.17. The van der Waals surface area contributed by atoms with Crippen LogP contribution in [0.3, 0.4) is 0 Å². The summed E-state index contributed by atoms with van der Waals surface area (Å²) in [5.41, 5.74) is 4.08. The van der Waals surface area contributed by atoms with Crippen LogP contribution < -0.4 is 11.1 Å². The molecule has 0 bridgehead atoms. The van der Waals surface area contributed by atoms with E-state index >= 15 is 0 Å². The molecule has 0 aliphatic rings. The fraction of sp³-hybridized carbons (Fsp3) is 0.0909. The highest BCUT2D eigenvalue weighted by Crippen LogP contribution is 2.31. The van der Waals surface area contributed by atoms with Crippen molar-refractivity contribution >= 4 is 17.4 Å². The highest BCUT2D eigenvalue weighted by Gasteiger charge is 2.30. The molecule has 0 spiro atoms. The summed E-state index contributed by atoms with van der Waals surface area (Å²) in [6.07, 6.45) is -3.42. The second kappa shape index (κ2) is 5.11. The van der Waals surface area contributed by atoms with Crippen molar-refractivity contribution in [2.24, 2.45) is 5.73 Å². The van der Waals surface area contributed by atoms with Gasteiger partial charge in [-0.2, -0.15) is 13.2 Å². The van der Waals surface area contributed by atoms with Gasteiger partial charge in [0.1, 0.15) is 6.33 Å². The molecule has 0 aliphatic carbocycles. The zero-order chi connectivity index (χ0) is 14.8. The van der Waals surface area contributed by atoms with Gasteiger partial charge in [-0.1, -0.05) is 6.07 Å². The maximum absolute atomic E-state index is 12.6. The van der Waals surface area contributed by atoms with Crippen LogP contribution >= 0.6 is 0 Å². The van der Waals surface area contributed by atoms with Gasteiger partial charge in [0.05, 0.1) is 5.56 Å². The highest BCUT2D eigenvalue weighted by atomic mass is 19.4. The summed E-state index contributed by atoms with van der Waals surface area (Å²) in [6, 6.07) is 4.43. The number of nitrogens with zero attached hydrogens (tertiary/aromatic N) is 3. The fourth-order valence-corrected chi connectivity index (χ4v) is 1.44. The standard InChI is InChI=1S/C11H8F3N5O/c12-11(13,14)6-2-1-3-7(4-6)18-10-8(9(15)20)19-17-5-16-10/h1-5H,(H2,15,20)(H,16,17,18). The van der Waals surface area contributed by atoms with Crippen LogP contribution in [0.5, 0.6) is 0 Å². The zero-order valence-electron chi connectivity index (χ0n) is 9.85.